The van der Waals surface area contributed by atoms with Crippen LogP contribution in [-0.2, 0) is 14.8 Å². The van der Waals surface area contributed by atoms with E-state index in [4.69, 9.17) is 21.1 Å². The van der Waals surface area contributed by atoms with E-state index < -0.39 is 26.8 Å². The van der Waals surface area contributed by atoms with Gasteiger partial charge < -0.3 is 14.8 Å². The molecule has 1 unspecified atom stereocenters. The Kier molecular flexibility index (Phi) is 6.55. The van der Waals surface area contributed by atoms with Crippen molar-refractivity contribution < 1.29 is 22.3 Å². The summed E-state index contributed by atoms with van der Waals surface area (Å²) < 4.78 is 54.2. The molecule has 0 bridgehead atoms. The highest BCUT2D eigenvalue weighted by molar-refractivity contribution is 7.92. The highest BCUT2D eigenvalue weighted by atomic mass is 35.5. The molecular formula is C23H22ClFN2O4S. The fourth-order valence-corrected chi connectivity index (χ4v) is 5.43. The van der Waals surface area contributed by atoms with Gasteiger partial charge in [-0.05, 0) is 42.0 Å². The Hall–Kier alpha value is -2.81. The average Bonchev–Trinajstić information content (AvgIpc) is 2.79. The standard InChI is InChI=1S/C23H22ClFN2O4S/c1-30-13-12-26-18-10-11-20-22(14-18)31-15-21(16-6-8-17(24)9-7-16)27(20)32(28,29)23-5-3-2-4-19(23)25/h2-11,14,21,26H,12-13,15H2,1H3. The van der Waals surface area contributed by atoms with E-state index in [9.17, 15) is 12.8 Å². The summed E-state index contributed by atoms with van der Waals surface area (Å²) >= 11 is 6.02. The Balaban J connectivity index is 1.81. The van der Waals surface area contributed by atoms with E-state index in [1.807, 2.05) is 0 Å². The minimum absolute atomic E-state index is 0.0594. The molecule has 3 aromatic carbocycles. The van der Waals surface area contributed by atoms with Crippen LogP contribution in [0.2, 0.25) is 5.02 Å². The van der Waals surface area contributed by atoms with Gasteiger partial charge in [0.1, 0.15) is 29.1 Å². The topological polar surface area (TPSA) is 67.9 Å². The van der Waals surface area contributed by atoms with E-state index in [-0.39, 0.29) is 6.61 Å². The number of fused-ring (bicyclic) bond motifs is 1. The number of benzene rings is 3. The Labute approximate surface area is 191 Å². The van der Waals surface area contributed by atoms with Crippen molar-refractivity contribution in [3.63, 3.8) is 0 Å². The lowest BCUT2D eigenvalue weighted by molar-refractivity contribution is 0.210. The maximum absolute atomic E-state index is 14.6. The molecule has 3 aromatic rings. The Morgan fingerprint density at radius 3 is 2.62 bits per heavy atom. The van der Waals surface area contributed by atoms with Crippen molar-refractivity contribution >= 4 is 33.0 Å². The molecule has 168 valence electrons. The van der Waals surface area contributed by atoms with Crippen LogP contribution in [0.4, 0.5) is 15.8 Å². The average molecular weight is 477 g/mol. The lowest BCUT2D eigenvalue weighted by Crippen LogP contribution is -2.41. The van der Waals surface area contributed by atoms with Gasteiger partial charge in [-0.25, -0.2) is 12.8 Å². The number of methoxy groups -OCH3 is 1. The zero-order valence-electron chi connectivity index (χ0n) is 17.3. The second kappa shape index (κ2) is 9.36. The molecule has 0 aromatic heterocycles. The van der Waals surface area contributed by atoms with Crippen LogP contribution in [0, 0.1) is 5.82 Å². The van der Waals surface area contributed by atoms with Crippen LogP contribution in [0.25, 0.3) is 0 Å². The van der Waals surface area contributed by atoms with Crippen molar-refractivity contribution in [2.75, 3.05) is 36.5 Å². The first-order valence-corrected chi connectivity index (χ1v) is 11.8. The third-order valence-corrected chi connectivity index (χ3v) is 7.25. The second-order valence-corrected chi connectivity index (χ2v) is 9.43. The highest BCUT2D eigenvalue weighted by Gasteiger charge is 2.39. The third kappa shape index (κ3) is 4.39. The summed E-state index contributed by atoms with van der Waals surface area (Å²) in [6.45, 7) is 1.16. The van der Waals surface area contributed by atoms with E-state index in [1.54, 1.807) is 49.6 Å². The second-order valence-electron chi connectivity index (χ2n) is 7.21. The smallest absolute Gasteiger partial charge is 0.268 e. The molecule has 1 aliphatic rings. The van der Waals surface area contributed by atoms with Crippen molar-refractivity contribution in [2.45, 2.75) is 10.9 Å². The summed E-state index contributed by atoms with van der Waals surface area (Å²) in [4.78, 5) is -0.394. The van der Waals surface area contributed by atoms with Gasteiger partial charge in [-0.15, -0.1) is 0 Å². The van der Waals surface area contributed by atoms with E-state index >= 15 is 0 Å². The molecule has 1 heterocycles. The molecule has 9 heteroatoms. The summed E-state index contributed by atoms with van der Waals surface area (Å²) in [6.07, 6.45) is 0. The lowest BCUT2D eigenvalue weighted by atomic mass is 10.1. The first-order chi connectivity index (χ1) is 15.4. The maximum Gasteiger partial charge on any atom is 0.268 e. The minimum atomic E-state index is -4.24. The highest BCUT2D eigenvalue weighted by Crippen LogP contribution is 2.44. The van der Waals surface area contributed by atoms with Crippen LogP contribution in [0.15, 0.2) is 71.6 Å². The van der Waals surface area contributed by atoms with Gasteiger partial charge >= 0.3 is 0 Å². The molecule has 0 aliphatic carbocycles. The predicted molar refractivity (Wildman–Crippen MR) is 123 cm³/mol. The number of hydrogen-bond donors (Lipinski definition) is 1. The van der Waals surface area contributed by atoms with Gasteiger partial charge in [0.2, 0.25) is 0 Å². The molecule has 32 heavy (non-hydrogen) atoms. The van der Waals surface area contributed by atoms with Crippen LogP contribution in [0.3, 0.4) is 0 Å². The molecule has 1 aliphatic heterocycles. The van der Waals surface area contributed by atoms with E-state index in [1.165, 1.54) is 22.5 Å². The van der Waals surface area contributed by atoms with E-state index in [2.05, 4.69) is 5.32 Å². The molecular weight excluding hydrogens is 455 g/mol. The van der Waals surface area contributed by atoms with Gasteiger partial charge in [-0.1, -0.05) is 35.9 Å². The first kappa shape index (κ1) is 22.4. The number of nitrogens with one attached hydrogen (secondary N) is 1. The molecule has 4 rings (SSSR count). The molecule has 0 saturated carbocycles. The molecule has 0 fully saturated rings. The Bertz CT molecular complexity index is 1200. The maximum atomic E-state index is 14.6. The van der Waals surface area contributed by atoms with Crippen LogP contribution in [-0.4, -0.2) is 35.3 Å². The van der Waals surface area contributed by atoms with Gasteiger partial charge in [0.25, 0.3) is 10.0 Å². The van der Waals surface area contributed by atoms with Gasteiger partial charge in [0.15, 0.2) is 0 Å². The largest absolute Gasteiger partial charge is 0.489 e. The number of halogens is 2. The third-order valence-electron chi connectivity index (χ3n) is 5.14. The number of rotatable bonds is 7. The summed E-state index contributed by atoms with van der Waals surface area (Å²) in [5, 5.41) is 3.72. The van der Waals surface area contributed by atoms with E-state index in [0.717, 1.165) is 11.8 Å². The number of ether oxygens (including phenoxy) is 2. The molecule has 0 radical (unpaired) electrons. The number of sulfonamides is 1. The van der Waals surface area contributed by atoms with E-state index in [0.29, 0.717) is 35.2 Å². The fourth-order valence-electron chi connectivity index (χ4n) is 3.60. The minimum Gasteiger partial charge on any atom is -0.489 e. The van der Waals surface area contributed by atoms with Gasteiger partial charge in [-0.3, -0.25) is 4.31 Å². The first-order valence-electron chi connectivity index (χ1n) is 9.96. The van der Waals surface area contributed by atoms with Crippen molar-refractivity contribution in [3.8, 4) is 5.75 Å². The van der Waals surface area contributed by atoms with Crippen LogP contribution in [0.5, 0.6) is 5.75 Å². The Morgan fingerprint density at radius 2 is 1.91 bits per heavy atom. The number of anilines is 2. The fraction of sp³-hybridized carbons (Fsp3) is 0.217. The van der Waals surface area contributed by atoms with Crippen molar-refractivity contribution in [3.05, 3.63) is 83.1 Å². The normalized spacial score (nSPS) is 15.7. The molecule has 0 spiro atoms. The van der Waals surface area contributed by atoms with Crippen LogP contribution >= 0.6 is 11.6 Å². The van der Waals surface area contributed by atoms with Gasteiger partial charge in [0, 0.05) is 30.4 Å². The zero-order valence-corrected chi connectivity index (χ0v) is 18.9. The van der Waals surface area contributed by atoms with Crippen LogP contribution in [0.1, 0.15) is 11.6 Å². The van der Waals surface area contributed by atoms with Gasteiger partial charge in [-0.2, -0.15) is 0 Å². The number of nitrogens with zero attached hydrogens (tertiary/aromatic N) is 1. The molecule has 0 amide bonds. The van der Waals surface area contributed by atoms with Crippen molar-refractivity contribution in [1.82, 2.24) is 0 Å². The molecule has 6 nitrogen and oxygen atoms in total. The summed E-state index contributed by atoms with van der Waals surface area (Å²) in [5.41, 5.74) is 1.77. The van der Waals surface area contributed by atoms with Gasteiger partial charge in [0.05, 0.1) is 12.3 Å². The summed E-state index contributed by atoms with van der Waals surface area (Å²) in [5.74, 6) is -0.425. The quantitative estimate of drug-likeness (QED) is 0.493. The number of hydrogen-bond acceptors (Lipinski definition) is 5. The molecule has 1 N–H and O–H groups in total. The van der Waals surface area contributed by atoms with Crippen molar-refractivity contribution in [2.24, 2.45) is 0 Å². The molecule has 1 atom stereocenters. The predicted octanol–water partition coefficient (Wildman–Crippen LogP) is 4.87. The van der Waals surface area contributed by atoms with Crippen LogP contribution < -0.4 is 14.4 Å². The van der Waals surface area contributed by atoms with Crippen molar-refractivity contribution in [1.29, 1.82) is 0 Å². The Morgan fingerprint density at radius 1 is 1.16 bits per heavy atom. The zero-order chi connectivity index (χ0) is 22.7. The lowest BCUT2D eigenvalue weighted by Gasteiger charge is -2.38. The summed E-state index contributed by atoms with van der Waals surface area (Å²) in [6, 6.07) is 16.6. The monoisotopic (exact) mass is 476 g/mol. The molecule has 0 saturated heterocycles. The SMILES string of the molecule is COCCNc1ccc2c(c1)OCC(c1ccc(Cl)cc1)N2S(=O)(=O)c1ccccc1F. The summed E-state index contributed by atoms with van der Waals surface area (Å²) in [7, 11) is -2.63.